The van der Waals surface area contributed by atoms with Crippen LogP contribution >= 0.6 is 0 Å². The van der Waals surface area contributed by atoms with Gasteiger partial charge in [0.05, 0.1) is 6.04 Å². The van der Waals surface area contributed by atoms with Crippen LogP contribution in [-0.4, -0.2) is 17.0 Å². The van der Waals surface area contributed by atoms with Crippen LogP contribution in [0.25, 0.3) is 0 Å². The van der Waals surface area contributed by atoms with E-state index in [2.05, 4.69) is 5.32 Å². The lowest BCUT2D eigenvalue weighted by atomic mass is 9.88. The van der Waals surface area contributed by atoms with Gasteiger partial charge in [-0.3, -0.25) is 4.79 Å². The summed E-state index contributed by atoms with van der Waals surface area (Å²) in [4.78, 5) is 21.6. The Hall–Kier alpha value is -1.84. The van der Waals surface area contributed by atoms with Crippen LogP contribution in [0.5, 0.6) is 0 Å². The molecule has 0 spiro atoms. The summed E-state index contributed by atoms with van der Waals surface area (Å²) in [7, 11) is 0. The van der Waals surface area contributed by atoms with E-state index in [1.165, 1.54) is 5.56 Å². The van der Waals surface area contributed by atoms with Crippen molar-refractivity contribution in [2.24, 2.45) is 0 Å². The highest BCUT2D eigenvalue weighted by molar-refractivity contribution is 6.31. The van der Waals surface area contributed by atoms with Crippen LogP contribution in [0.2, 0.25) is 0 Å². The van der Waals surface area contributed by atoms with E-state index in [1.807, 2.05) is 24.3 Å². The molecule has 0 fully saturated rings. The van der Waals surface area contributed by atoms with Gasteiger partial charge in [-0.1, -0.05) is 24.3 Å². The number of carboxylic acids is 1. The first-order chi connectivity index (χ1) is 7.68. The maximum absolute atomic E-state index is 11.1. The van der Waals surface area contributed by atoms with Crippen molar-refractivity contribution < 1.29 is 14.7 Å². The van der Waals surface area contributed by atoms with E-state index in [0.717, 1.165) is 24.8 Å². The zero-order valence-corrected chi connectivity index (χ0v) is 8.77. The third-order valence-electron chi connectivity index (χ3n) is 2.87. The summed E-state index contributed by atoms with van der Waals surface area (Å²) in [5.41, 5.74) is 2.24. The van der Waals surface area contributed by atoms with Crippen molar-refractivity contribution in [3.8, 4) is 0 Å². The lowest BCUT2D eigenvalue weighted by Gasteiger charge is -2.25. The number of carbonyl (C=O) groups is 2. The van der Waals surface area contributed by atoms with Crippen LogP contribution in [0.15, 0.2) is 24.3 Å². The standard InChI is InChI=1S/C12H13NO3/c14-11(12(15)16)13-10-7-3-5-8-4-1-2-6-9(8)10/h1-2,4,6,10H,3,5,7H2,(H,13,14)(H,15,16)/t10-/m0/s1. The smallest absolute Gasteiger partial charge is 0.394 e. The maximum atomic E-state index is 11.1. The van der Waals surface area contributed by atoms with Crippen molar-refractivity contribution in [3.05, 3.63) is 35.4 Å². The monoisotopic (exact) mass is 219 g/mol. The molecule has 0 heterocycles. The Morgan fingerprint density at radius 1 is 1.31 bits per heavy atom. The van der Waals surface area contributed by atoms with Crippen molar-refractivity contribution in [2.45, 2.75) is 25.3 Å². The van der Waals surface area contributed by atoms with E-state index >= 15 is 0 Å². The van der Waals surface area contributed by atoms with Gasteiger partial charge in [0.25, 0.3) is 0 Å². The molecule has 1 aromatic carbocycles. The fourth-order valence-electron chi connectivity index (χ4n) is 2.12. The molecule has 0 unspecified atom stereocenters. The van der Waals surface area contributed by atoms with Gasteiger partial charge in [-0.05, 0) is 30.4 Å². The molecule has 1 aliphatic carbocycles. The average molecular weight is 219 g/mol. The summed E-state index contributed by atoms with van der Waals surface area (Å²) in [6.45, 7) is 0. The van der Waals surface area contributed by atoms with Crippen LogP contribution in [0.4, 0.5) is 0 Å². The minimum absolute atomic E-state index is 0.159. The van der Waals surface area contributed by atoms with Gasteiger partial charge in [0.15, 0.2) is 0 Å². The van der Waals surface area contributed by atoms with Crippen molar-refractivity contribution in [3.63, 3.8) is 0 Å². The SMILES string of the molecule is O=C(O)C(=O)N[C@H]1CCCc2ccccc21. The lowest BCUT2D eigenvalue weighted by molar-refractivity contribution is -0.150. The van der Waals surface area contributed by atoms with Crippen molar-refractivity contribution in [1.29, 1.82) is 0 Å². The molecule has 0 aliphatic heterocycles. The number of carbonyl (C=O) groups excluding carboxylic acids is 1. The molecule has 4 nitrogen and oxygen atoms in total. The first-order valence-corrected chi connectivity index (χ1v) is 5.30. The molecule has 0 radical (unpaired) electrons. The molecule has 1 aromatic rings. The average Bonchev–Trinajstić information content (AvgIpc) is 2.29. The predicted octanol–water partition coefficient (Wildman–Crippen LogP) is 1.26. The van der Waals surface area contributed by atoms with Crippen LogP contribution in [0.3, 0.4) is 0 Å². The molecule has 2 N–H and O–H groups in total. The van der Waals surface area contributed by atoms with Gasteiger partial charge in [0.1, 0.15) is 0 Å². The van der Waals surface area contributed by atoms with Gasteiger partial charge in [0, 0.05) is 0 Å². The summed E-state index contributed by atoms with van der Waals surface area (Å²) in [5.74, 6) is -2.36. The molecule has 1 amide bonds. The maximum Gasteiger partial charge on any atom is 0.394 e. The molecule has 0 saturated carbocycles. The fraction of sp³-hybridized carbons (Fsp3) is 0.333. The molecule has 0 saturated heterocycles. The number of fused-ring (bicyclic) bond motifs is 1. The molecule has 2 rings (SSSR count). The van der Waals surface area contributed by atoms with E-state index in [1.54, 1.807) is 0 Å². The Bertz CT molecular complexity index is 428. The summed E-state index contributed by atoms with van der Waals surface area (Å²) in [6, 6.07) is 7.67. The minimum Gasteiger partial charge on any atom is -0.474 e. The zero-order valence-electron chi connectivity index (χ0n) is 8.77. The molecule has 84 valence electrons. The van der Waals surface area contributed by atoms with Crippen LogP contribution in [0.1, 0.15) is 30.0 Å². The summed E-state index contributed by atoms with van der Waals surface area (Å²) >= 11 is 0. The number of aryl methyl sites for hydroxylation is 1. The van der Waals surface area contributed by atoms with Gasteiger partial charge in [-0.2, -0.15) is 0 Å². The van der Waals surface area contributed by atoms with Gasteiger partial charge in [-0.25, -0.2) is 4.79 Å². The number of carboxylic acid groups (broad SMARTS) is 1. The highest BCUT2D eigenvalue weighted by Gasteiger charge is 2.23. The van der Waals surface area contributed by atoms with Crippen LogP contribution in [0, 0.1) is 0 Å². The Kier molecular flexibility index (Phi) is 2.90. The molecule has 4 heteroatoms. The third-order valence-corrected chi connectivity index (χ3v) is 2.87. The highest BCUT2D eigenvalue weighted by Crippen LogP contribution is 2.29. The second-order valence-electron chi connectivity index (χ2n) is 3.92. The van der Waals surface area contributed by atoms with Crippen LogP contribution < -0.4 is 5.32 Å². The zero-order chi connectivity index (χ0) is 11.5. The molecule has 1 aliphatic rings. The molecule has 0 aromatic heterocycles. The number of nitrogens with one attached hydrogen (secondary N) is 1. The van der Waals surface area contributed by atoms with E-state index in [-0.39, 0.29) is 6.04 Å². The van der Waals surface area contributed by atoms with Crippen molar-refractivity contribution >= 4 is 11.9 Å². The fourth-order valence-corrected chi connectivity index (χ4v) is 2.12. The number of benzene rings is 1. The van der Waals surface area contributed by atoms with E-state index < -0.39 is 11.9 Å². The quantitative estimate of drug-likeness (QED) is 0.699. The first-order valence-electron chi connectivity index (χ1n) is 5.30. The number of hydrogen-bond donors (Lipinski definition) is 2. The summed E-state index contributed by atoms with van der Waals surface area (Å²) < 4.78 is 0. The summed E-state index contributed by atoms with van der Waals surface area (Å²) in [6.07, 6.45) is 2.77. The van der Waals surface area contributed by atoms with Gasteiger partial charge >= 0.3 is 11.9 Å². The number of aliphatic carboxylic acids is 1. The first kappa shape index (κ1) is 10.7. The van der Waals surface area contributed by atoms with E-state index in [9.17, 15) is 9.59 Å². The molecule has 16 heavy (non-hydrogen) atoms. The predicted molar refractivity (Wildman–Crippen MR) is 57.9 cm³/mol. The Balaban J connectivity index is 2.19. The summed E-state index contributed by atoms with van der Waals surface area (Å²) in [5, 5.41) is 11.1. The van der Waals surface area contributed by atoms with E-state index in [0.29, 0.717) is 0 Å². The van der Waals surface area contributed by atoms with Gasteiger partial charge < -0.3 is 10.4 Å². The van der Waals surface area contributed by atoms with E-state index in [4.69, 9.17) is 5.11 Å². The second-order valence-corrected chi connectivity index (χ2v) is 3.92. The Morgan fingerprint density at radius 3 is 2.81 bits per heavy atom. The van der Waals surface area contributed by atoms with Crippen molar-refractivity contribution in [1.82, 2.24) is 5.32 Å². The largest absolute Gasteiger partial charge is 0.474 e. The lowest BCUT2D eigenvalue weighted by Crippen LogP contribution is -2.35. The number of hydrogen-bond acceptors (Lipinski definition) is 2. The highest BCUT2D eigenvalue weighted by atomic mass is 16.4. The van der Waals surface area contributed by atoms with Crippen molar-refractivity contribution in [2.75, 3.05) is 0 Å². The molecule has 1 atom stereocenters. The number of rotatable bonds is 1. The normalized spacial score (nSPS) is 18.6. The molecule has 0 bridgehead atoms. The minimum atomic E-state index is -1.43. The Morgan fingerprint density at radius 2 is 2.06 bits per heavy atom. The van der Waals surface area contributed by atoms with Gasteiger partial charge in [-0.15, -0.1) is 0 Å². The molecular weight excluding hydrogens is 206 g/mol. The topological polar surface area (TPSA) is 66.4 Å². The van der Waals surface area contributed by atoms with Gasteiger partial charge in [0.2, 0.25) is 0 Å². The number of amides is 1. The third kappa shape index (κ3) is 2.05. The Labute approximate surface area is 93.3 Å². The van der Waals surface area contributed by atoms with Crippen LogP contribution in [-0.2, 0) is 16.0 Å². The molecular formula is C12H13NO3. The second kappa shape index (κ2) is 4.35.